The van der Waals surface area contributed by atoms with E-state index in [9.17, 15) is 0 Å². The van der Waals surface area contributed by atoms with Gasteiger partial charge in [-0.25, -0.2) is 0 Å². The van der Waals surface area contributed by atoms with E-state index in [2.05, 4.69) is 48.5 Å². The Bertz CT molecular complexity index is 858. The minimum Gasteiger partial charge on any atom is -0.492 e. The fourth-order valence-corrected chi connectivity index (χ4v) is 3.51. The molecule has 4 rings (SSSR count). The van der Waals surface area contributed by atoms with Crippen LogP contribution < -0.4 is 10.1 Å². The number of aromatic nitrogens is 3. The number of anilines is 1. The summed E-state index contributed by atoms with van der Waals surface area (Å²) in [5.41, 5.74) is 1.99. The van der Waals surface area contributed by atoms with Crippen LogP contribution in [0.5, 0.6) is 5.75 Å². The molecule has 0 bridgehead atoms. The summed E-state index contributed by atoms with van der Waals surface area (Å²) in [5, 5.41) is 11.7. The van der Waals surface area contributed by atoms with Gasteiger partial charge in [-0.3, -0.25) is 9.30 Å². The first-order valence-corrected chi connectivity index (χ1v) is 9.75. The van der Waals surface area contributed by atoms with Gasteiger partial charge in [0.25, 0.3) is 0 Å². The van der Waals surface area contributed by atoms with Gasteiger partial charge in [-0.2, -0.15) is 0 Å². The Morgan fingerprint density at radius 1 is 1.04 bits per heavy atom. The second-order valence-electron chi connectivity index (χ2n) is 6.49. The number of nitrogens with zero attached hydrogens (tertiary/aromatic N) is 4. The van der Waals surface area contributed by atoms with E-state index in [4.69, 9.17) is 4.74 Å². The summed E-state index contributed by atoms with van der Waals surface area (Å²) in [6.07, 6.45) is 4.59. The van der Waals surface area contributed by atoms with Crippen molar-refractivity contribution in [2.75, 3.05) is 31.6 Å². The normalized spacial score (nSPS) is 14.8. The average molecular weight is 416 g/mol. The molecule has 3 aromatic rings. The minimum atomic E-state index is 0.682. The largest absolute Gasteiger partial charge is 0.492 e. The number of benzene rings is 1. The minimum absolute atomic E-state index is 0.682. The van der Waals surface area contributed by atoms with Gasteiger partial charge in [0.2, 0.25) is 5.95 Å². The molecule has 0 spiro atoms. The number of nitrogens with one attached hydrogen (secondary N) is 1. The van der Waals surface area contributed by atoms with Crippen molar-refractivity contribution in [2.24, 2.45) is 0 Å². The average Bonchev–Trinajstić information content (AvgIpc) is 3.31. The van der Waals surface area contributed by atoms with Crippen molar-refractivity contribution in [1.29, 1.82) is 0 Å². The molecular weight excluding hydrogens is 394 g/mol. The van der Waals surface area contributed by atoms with Gasteiger partial charge in [0.05, 0.1) is 0 Å². The summed E-state index contributed by atoms with van der Waals surface area (Å²) in [6, 6.07) is 12.1. The zero-order valence-corrected chi connectivity index (χ0v) is 16.2. The van der Waals surface area contributed by atoms with E-state index in [1.807, 2.05) is 34.9 Å². The van der Waals surface area contributed by atoms with Gasteiger partial charge in [-0.1, -0.05) is 12.1 Å². The molecule has 1 saturated heterocycles. The van der Waals surface area contributed by atoms with Crippen LogP contribution in [0, 0.1) is 0 Å². The predicted octanol–water partition coefficient (Wildman–Crippen LogP) is 3.58. The summed E-state index contributed by atoms with van der Waals surface area (Å²) in [4.78, 5) is 2.46. The standard InChI is InChI=1S/C19H22BrN5O/c20-16-5-8-18-22-23-19(25(18)14-16)21-13-15-3-6-17(7-4-15)26-12-11-24-9-1-2-10-24/h3-8,14H,1-2,9-13H2,(H,21,23). The van der Waals surface area contributed by atoms with Crippen LogP contribution >= 0.6 is 15.9 Å². The third kappa shape index (κ3) is 4.16. The molecule has 1 fully saturated rings. The molecule has 2 aromatic heterocycles. The maximum atomic E-state index is 5.85. The molecular formula is C19H22BrN5O. The molecule has 26 heavy (non-hydrogen) atoms. The second-order valence-corrected chi connectivity index (χ2v) is 7.41. The van der Waals surface area contributed by atoms with Gasteiger partial charge >= 0.3 is 0 Å². The molecule has 1 aliphatic heterocycles. The van der Waals surface area contributed by atoms with Gasteiger partial charge in [-0.15, -0.1) is 10.2 Å². The smallest absolute Gasteiger partial charge is 0.229 e. The number of likely N-dealkylation sites (tertiary alicyclic amines) is 1. The lowest BCUT2D eigenvalue weighted by molar-refractivity contribution is 0.238. The first kappa shape index (κ1) is 17.3. The second kappa shape index (κ2) is 8.05. The molecule has 3 heterocycles. The lowest BCUT2D eigenvalue weighted by Crippen LogP contribution is -2.25. The first-order chi connectivity index (χ1) is 12.8. The van der Waals surface area contributed by atoms with Crippen LogP contribution in [0.2, 0.25) is 0 Å². The van der Waals surface area contributed by atoms with Crippen molar-refractivity contribution in [3.05, 3.63) is 52.6 Å². The number of halogens is 1. The quantitative estimate of drug-likeness (QED) is 0.638. The first-order valence-electron chi connectivity index (χ1n) is 8.96. The van der Waals surface area contributed by atoms with E-state index in [1.165, 1.54) is 31.5 Å². The SMILES string of the molecule is Brc1ccc2nnc(NCc3ccc(OCCN4CCCC4)cc3)n2c1. The summed E-state index contributed by atoms with van der Waals surface area (Å²) in [7, 11) is 0. The Morgan fingerprint density at radius 2 is 1.85 bits per heavy atom. The van der Waals surface area contributed by atoms with Crippen molar-refractivity contribution < 1.29 is 4.74 Å². The Kier molecular flexibility index (Phi) is 5.36. The number of rotatable bonds is 7. The zero-order chi connectivity index (χ0) is 17.8. The van der Waals surface area contributed by atoms with Gasteiger partial charge in [0.15, 0.2) is 5.65 Å². The van der Waals surface area contributed by atoms with Crippen molar-refractivity contribution in [3.63, 3.8) is 0 Å². The molecule has 136 valence electrons. The van der Waals surface area contributed by atoms with E-state index in [0.717, 1.165) is 35.0 Å². The van der Waals surface area contributed by atoms with Crippen molar-refractivity contribution in [1.82, 2.24) is 19.5 Å². The molecule has 0 radical (unpaired) electrons. The number of hydrogen-bond acceptors (Lipinski definition) is 5. The van der Waals surface area contributed by atoms with E-state index in [1.54, 1.807) is 0 Å². The highest BCUT2D eigenvalue weighted by Gasteiger charge is 2.10. The number of fused-ring (bicyclic) bond motifs is 1. The maximum absolute atomic E-state index is 5.85. The van der Waals surface area contributed by atoms with Crippen LogP contribution in [0.25, 0.3) is 5.65 Å². The van der Waals surface area contributed by atoms with E-state index in [0.29, 0.717) is 6.54 Å². The van der Waals surface area contributed by atoms with Crippen LogP contribution in [-0.4, -0.2) is 45.7 Å². The summed E-state index contributed by atoms with van der Waals surface area (Å²) >= 11 is 3.48. The van der Waals surface area contributed by atoms with Crippen LogP contribution in [-0.2, 0) is 6.54 Å². The Morgan fingerprint density at radius 3 is 2.65 bits per heavy atom. The zero-order valence-electron chi connectivity index (χ0n) is 14.6. The van der Waals surface area contributed by atoms with Gasteiger partial charge in [-0.05, 0) is 71.7 Å². The van der Waals surface area contributed by atoms with Crippen LogP contribution in [0.1, 0.15) is 18.4 Å². The molecule has 0 amide bonds. The summed E-state index contributed by atoms with van der Waals surface area (Å²) in [5.74, 6) is 1.65. The van der Waals surface area contributed by atoms with Gasteiger partial charge in [0, 0.05) is 23.8 Å². The fraction of sp³-hybridized carbons (Fsp3) is 0.368. The highest BCUT2D eigenvalue weighted by Crippen LogP contribution is 2.17. The molecule has 0 unspecified atom stereocenters. The molecule has 1 aliphatic rings. The Balaban J connectivity index is 1.30. The van der Waals surface area contributed by atoms with Gasteiger partial charge in [0.1, 0.15) is 12.4 Å². The van der Waals surface area contributed by atoms with E-state index in [-0.39, 0.29) is 0 Å². The lowest BCUT2D eigenvalue weighted by Gasteiger charge is -2.15. The number of hydrogen-bond donors (Lipinski definition) is 1. The number of ether oxygens (including phenoxy) is 1. The van der Waals surface area contributed by atoms with Crippen molar-refractivity contribution >= 4 is 27.5 Å². The molecule has 6 nitrogen and oxygen atoms in total. The predicted molar refractivity (Wildman–Crippen MR) is 106 cm³/mol. The topological polar surface area (TPSA) is 54.7 Å². The van der Waals surface area contributed by atoms with E-state index >= 15 is 0 Å². The Hall–Kier alpha value is -2.12. The summed E-state index contributed by atoms with van der Waals surface area (Å²) in [6.45, 7) is 4.86. The molecule has 0 saturated carbocycles. The highest BCUT2D eigenvalue weighted by molar-refractivity contribution is 9.10. The van der Waals surface area contributed by atoms with Gasteiger partial charge < -0.3 is 10.1 Å². The fourth-order valence-electron chi connectivity index (χ4n) is 3.17. The van der Waals surface area contributed by atoms with Crippen LogP contribution in [0.4, 0.5) is 5.95 Å². The molecule has 0 atom stereocenters. The van der Waals surface area contributed by atoms with E-state index < -0.39 is 0 Å². The maximum Gasteiger partial charge on any atom is 0.229 e. The molecule has 1 N–H and O–H groups in total. The summed E-state index contributed by atoms with van der Waals surface area (Å²) < 4.78 is 8.77. The number of pyridine rings is 1. The monoisotopic (exact) mass is 415 g/mol. The Labute approximate surface area is 161 Å². The lowest BCUT2D eigenvalue weighted by atomic mass is 10.2. The molecule has 0 aliphatic carbocycles. The third-order valence-electron chi connectivity index (χ3n) is 4.62. The molecule has 1 aromatic carbocycles. The highest BCUT2D eigenvalue weighted by atomic mass is 79.9. The van der Waals surface area contributed by atoms with Crippen molar-refractivity contribution in [3.8, 4) is 5.75 Å². The third-order valence-corrected chi connectivity index (χ3v) is 5.08. The van der Waals surface area contributed by atoms with Crippen LogP contribution in [0.3, 0.4) is 0 Å². The van der Waals surface area contributed by atoms with Crippen LogP contribution in [0.15, 0.2) is 47.1 Å². The van der Waals surface area contributed by atoms with Crippen molar-refractivity contribution in [2.45, 2.75) is 19.4 Å². The molecule has 7 heteroatoms.